The van der Waals surface area contributed by atoms with Crippen LogP contribution in [0.5, 0.6) is 5.75 Å². The minimum atomic E-state index is -0.0375. The summed E-state index contributed by atoms with van der Waals surface area (Å²) in [4.78, 5) is 16.7. The molecule has 0 fully saturated rings. The van der Waals surface area contributed by atoms with Gasteiger partial charge in [-0.25, -0.2) is 0 Å². The third kappa shape index (κ3) is 3.23. The molecule has 0 bridgehead atoms. The Balaban J connectivity index is 2.20. The number of carbonyl (C=O) groups is 1. The van der Waals surface area contributed by atoms with E-state index in [1.807, 2.05) is 31.2 Å². The van der Waals surface area contributed by atoms with Crippen LogP contribution < -0.4 is 4.74 Å². The summed E-state index contributed by atoms with van der Waals surface area (Å²) < 4.78 is 5.51. The topological polar surface area (TPSA) is 39.2 Å². The number of aryl methyl sites for hydroxylation is 1. The smallest absolute Gasteiger partial charge is 0.211 e. The van der Waals surface area contributed by atoms with Crippen molar-refractivity contribution in [1.29, 1.82) is 0 Å². The van der Waals surface area contributed by atoms with E-state index in [9.17, 15) is 4.79 Å². The van der Waals surface area contributed by atoms with Gasteiger partial charge in [-0.2, -0.15) is 0 Å². The second-order valence-corrected chi connectivity index (χ2v) is 4.57. The molecule has 0 amide bonds. The fourth-order valence-electron chi connectivity index (χ4n) is 1.99. The van der Waals surface area contributed by atoms with Crippen molar-refractivity contribution in [3.63, 3.8) is 0 Å². The van der Waals surface area contributed by atoms with Gasteiger partial charge in [0, 0.05) is 11.8 Å². The molecule has 0 atom stereocenters. The van der Waals surface area contributed by atoms with E-state index in [4.69, 9.17) is 4.74 Å². The summed E-state index contributed by atoms with van der Waals surface area (Å²) in [6.45, 7) is 4.77. The Labute approximate surface area is 119 Å². The van der Waals surface area contributed by atoms with E-state index in [1.165, 1.54) is 0 Å². The molecule has 0 spiro atoms. The van der Waals surface area contributed by atoms with Crippen LogP contribution >= 0.6 is 0 Å². The normalized spacial score (nSPS) is 10.3. The van der Waals surface area contributed by atoms with Crippen molar-refractivity contribution in [2.24, 2.45) is 0 Å². The van der Waals surface area contributed by atoms with E-state index in [0.29, 0.717) is 17.9 Å². The Bertz CT molecular complexity index is 576. The zero-order valence-corrected chi connectivity index (χ0v) is 11.9. The number of hydrogen-bond acceptors (Lipinski definition) is 3. The van der Waals surface area contributed by atoms with Crippen molar-refractivity contribution >= 4 is 5.78 Å². The first-order chi connectivity index (χ1) is 9.76. The summed E-state index contributed by atoms with van der Waals surface area (Å²) in [7, 11) is 0. The minimum Gasteiger partial charge on any atom is -0.494 e. The highest BCUT2D eigenvalue weighted by molar-refractivity contribution is 6.08. The fraction of sp³-hybridized carbons (Fsp3) is 0.294. The second kappa shape index (κ2) is 6.85. The number of aromatic nitrogens is 1. The Morgan fingerprint density at radius 2 is 1.90 bits per heavy atom. The van der Waals surface area contributed by atoms with Crippen molar-refractivity contribution in [3.05, 3.63) is 59.4 Å². The predicted molar refractivity (Wildman–Crippen MR) is 79.3 cm³/mol. The van der Waals surface area contributed by atoms with Gasteiger partial charge in [0.1, 0.15) is 11.4 Å². The summed E-state index contributed by atoms with van der Waals surface area (Å²) in [6.07, 6.45) is 3.42. The maximum absolute atomic E-state index is 12.4. The number of rotatable bonds is 6. The molecule has 2 aromatic rings. The van der Waals surface area contributed by atoms with E-state index in [-0.39, 0.29) is 5.78 Å². The Morgan fingerprint density at radius 3 is 2.55 bits per heavy atom. The lowest BCUT2D eigenvalue weighted by molar-refractivity contribution is 0.103. The van der Waals surface area contributed by atoms with Gasteiger partial charge in [-0.05, 0) is 48.7 Å². The highest BCUT2D eigenvalue weighted by Crippen LogP contribution is 2.17. The minimum absolute atomic E-state index is 0.0375. The monoisotopic (exact) mass is 269 g/mol. The molecule has 3 nitrogen and oxygen atoms in total. The number of carbonyl (C=O) groups excluding carboxylic acids is 1. The quantitative estimate of drug-likeness (QED) is 0.751. The zero-order chi connectivity index (χ0) is 14.4. The van der Waals surface area contributed by atoms with Gasteiger partial charge < -0.3 is 4.74 Å². The maximum atomic E-state index is 12.4. The van der Waals surface area contributed by atoms with E-state index in [0.717, 1.165) is 24.2 Å². The molecule has 0 aliphatic carbocycles. The molecule has 3 heteroatoms. The zero-order valence-electron chi connectivity index (χ0n) is 11.9. The van der Waals surface area contributed by atoms with Crippen molar-refractivity contribution in [3.8, 4) is 5.75 Å². The molecular formula is C17H19NO2. The van der Waals surface area contributed by atoms with Crippen molar-refractivity contribution in [1.82, 2.24) is 4.98 Å². The van der Waals surface area contributed by atoms with Crippen molar-refractivity contribution in [2.45, 2.75) is 26.7 Å². The number of benzene rings is 1. The van der Waals surface area contributed by atoms with Crippen LogP contribution in [-0.2, 0) is 6.42 Å². The maximum Gasteiger partial charge on any atom is 0.211 e. The lowest BCUT2D eigenvalue weighted by Crippen LogP contribution is -2.07. The molecule has 0 saturated heterocycles. The third-order valence-corrected chi connectivity index (χ3v) is 3.08. The molecule has 0 N–H and O–H groups in total. The molecule has 0 aliphatic rings. The van der Waals surface area contributed by atoms with Crippen LogP contribution in [0.25, 0.3) is 0 Å². The van der Waals surface area contributed by atoms with Crippen LogP contribution in [0.3, 0.4) is 0 Å². The molecule has 0 aliphatic heterocycles. The molecule has 0 radical (unpaired) electrons. The summed E-state index contributed by atoms with van der Waals surface area (Å²) in [5.41, 5.74) is 2.16. The summed E-state index contributed by atoms with van der Waals surface area (Å²) in [6, 6.07) is 11.0. The molecular weight excluding hydrogens is 250 g/mol. The Morgan fingerprint density at radius 1 is 1.15 bits per heavy atom. The van der Waals surface area contributed by atoms with Crippen LogP contribution in [0.2, 0.25) is 0 Å². The highest BCUT2D eigenvalue weighted by atomic mass is 16.5. The number of hydrogen-bond donors (Lipinski definition) is 0. The van der Waals surface area contributed by atoms with E-state index in [2.05, 4.69) is 11.9 Å². The van der Waals surface area contributed by atoms with Crippen LogP contribution in [0.1, 0.15) is 41.9 Å². The number of ketones is 1. The molecule has 1 aromatic heterocycles. The first-order valence-corrected chi connectivity index (χ1v) is 6.97. The largest absolute Gasteiger partial charge is 0.494 e. The van der Waals surface area contributed by atoms with Gasteiger partial charge in [0.25, 0.3) is 0 Å². The van der Waals surface area contributed by atoms with Gasteiger partial charge in [-0.1, -0.05) is 19.9 Å². The van der Waals surface area contributed by atoms with Gasteiger partial charge in [-0.3, -0.25) is 9.78 Å². The number of pyridine rings is 1. The predicted octanol–water partition coefficient (Wildman–Crippen LogP) is 3.66. The Hall–Kier alpha value is -2.16. The van der Waals surface area contributed by atoms with Crippen LogP contribution in [0.15, 0.2) is 42.6 Å². The first-order valence-electron chi connectivity index (χ1n) is 6.97. The molecule has 1 aromatic carbocycles. The van der Waals surface area contributed by atoms with Gasteiger partial charge in [0.15, 0.2) is 0 Å². The summed E-state index contributed by atoms with van der Waals surface area (Å²) in [5.74, 6) is 0.754. The third-order valence-electron chi connectivity index (χ3n) is 3.08. The molecule has 0 unspecified atom stereocenters. The number of nitrogens with zero attached hydrogens (tertiary/aromatic N) is 1. The lowest BCUT2D eigenvalue weighted by atomic mass is 10.0. The Kier molecular flexibility index (Phi) is 4.88. The highest BCUT2D eigenvalue weighted by Gasteiger charge is 2.13. The van der Waals surface area contributed by atoms with Crippen molar-refractivity contribution in [2.75, 3.05) is 6.61 Å². The second-order valence-electron chi connectivity index (χ2n) is 4.57. The van der Waals surface area contributed by atoms with Crippen LogP contribution in [-0.4, -0.2) is 17.4 Å². The molecule has 0 saturated carbocycles. The summed E-state index contributed by atoms with van der Waals surface area (Å²) in [5, 5.41) is 0. The average Bonchev–Trinajstić information content (AvgIpc) is 2.52. The van der Waals surface area contributed by atoms with Gasteiger partial charge in [-0.15, -0.1) is 0 Å². The van der Waals surface area contributed by atoms with E-state index in [1.54, 1.807) is 18.3 Å². The van der Waals surface area contributed by atoms with Crippen molar-refractivity contribution < 1.29 is 9.53 Å². The van der Waals surface area contributed by atoms with Crippen LogP contribution in [0, 0.1) is 0 Å². The van der Waals surface area contributed by atoms with E-state index < -0.39 is 0 Å². The molecule has 2 rings (SSSR count). The SMILES string of the molecule is CCCOc1ccc(C(=O)c2ncccc2CC)cc1. The van der Waals surface area contributed by atoms with Crippen LogP contribution in [0.4, 0.5) is 0 Å². The molecule has 1 heterocycles. The van der Waals surface area contributed by atoms with E-state index >= 15 is 0 Å². The average molecular weight is 269 g/mol. The standard InChI is InChI=1S/C17H19NO2/c1-3-12-20-15-9-7-14(8-10-15)17(19)16-13(4-2)6-5-11-18-16/h5-11H,3-4,12H2,1-2H3. The fourth-order valence-corrected chi connectivity index (χ4v) is 1.99. The van der Waals surface area contributed by atoms with Gasteiger partial charge in [0.2, 0.25) is 5.78 Å². The molecule has 104 valence electrons. The van der Waals surface area contributed by atoms with Gasteiger partial charge in [0.05, 0.1) is 6.61 Å². The lowest BCUT2D eigenvalue weighted by Gasteiger charge is -2.07. The summed E-state index contributed by atoms with van der Waals surface area (Å²) >= 11 is 0. The molecule has 20 heavy (non-hydrogen) atoms. The first kappa shape index (κ1) is 14.3. The number of ether oxygens (including phenoxy) is 1. The van der Waals surface area contributed by atoms with Gasteiger partial charge >= 0.3 is 0 Å².